The van der Waals surface area contributed by atoms with E-state index in [1.807, 2.05) is 11.9 Å². The molecule has 1 aliphatic rings. The van der Waals surface area contributed by atoms with E-state index in [0.717, 1.165) is 37.3 Å². The van der Waals surface area contributed by atoms with Gasteiger partial charge in [0, 0.05) is 23.7 Å². The Bertz CT molecular complexity index is 1060. The molecule has 1 aromatic carbocycles. The Balaban J connectivity index is 1.79. The molecule has 3 aromatic rings. The van der Waals surface area contributed by atoms with E-state index < -0.39 is 0 Å². The van der Waals surface area contributed by atoms with Gasteiger partial charge in [-0.2, -0.15) is 9.49 Å². The Hall–Kier alpha value is -1.93. The van der Waals surface area contributed by atoms with Crippen LogP contribution in [-0.2, 0) is 0 Å². The van der Waals surface area contributed by atoms with E-state index in [1.165, 1.54) is 12.5 Å². The minimum atomic E-state index is -0.311. The van der Waals surface area contributed by atoms with E-state index in [4.69, 9.17) is 23.2 Å². The van der Waals surface area contributed by atoms with Crippen molar-refractivity contribution in [2.75, 3.05) is 13.1 Å². The molecule has 9 heteroatoms. The number of carbonyl (C=O) groups excluding carboxylic acids is 1. The third-order valence-corrected chi connectivity index (χ3v) is 6.32. The lowest BCUT2D eigenvalue weighted by atomic mass is 10.1. The van der Waals surface area contributed by atoms with E-state index in [9.17, 15) is 9.18 Å². The minimum absolute atomic E-state index is 0.283. The number of piperidine rings is 1. The van der Waals surface area contributed by atoms with Crippen LogP contribution in [-0.4, -0.2) is 33.8 Å². The second-order valence-corrected chi connectivity index (χ2v) is 8.80. The van der Waals surface area contributed by atoms with Gasteiger partial charge in [0.05, 0.1) is 21.3 Å². The fraction of sp³-hybridized carbons (Fsp3) is 0.300. The van der Waals surface area contributed by atoms with E-state index in [-0.39, 0.29) is 16.7 Å². The first-order valence-corrected chi connectivity index (χ1v) is 10.9. The molecule has 0 unspecified atom stereocenters. The van der Waals surface area contributed by atoms with Gasteiger partial charge in [-0.1, -0.05) is 29.6 Å². The molecule has 152 valence electrons. The monoisotopic (exact) mass is 452 g/mol. The Morgan fingerprint density at radius 2 is 1.93 bits per heavy atom. The highest BCUT2D eigenvalue weighted by Gasteiger charge is 2.25. The van der Waals surface area contributed by atoms with Gasteiger partial charge in [-0.15, -0.1) is 11.3 Å². The van der Waals surface area contributed by atoms with Crippen LogP contribution in [0.25, 0.3) is 16.3 Å². The van der Waals surface area contributed by atoms with Crippen LogP contribution in [0.5, 0.6) is 0 Å². The van der Waals surface area contributed by atoms with Gasteiger partial charge >= 0.3 is 0 Å². The maximum absolute atomic E-state index is 13.7. The van der Waals surface area contributed by atoms with Crippen LogP contribution in [0.4, 0.5) is 4.39 Å². The summed E-state index contributed by atoms with van der Waals surface area (Å²) in [6.07, 6.45) is 3.27. The number of nitrogens with zero attached hydrogens (tertiary/aromatic N) is 3. The summed E-state index contributed by atoms with van der Waals surface area (Å²) in [5.41, 5.74) is 5.09. The Labute approximate surface area is 182 Å². The van der Waals surface area contributed by atoms with Gasteiger partial charge in [0.25, 0.3) is 5.91 Å². The number of rotatable bonds is 4. The standard InChI is InChI=1S/C20H19Cl2FN4OS/c1-12-18(20(28)25-26-9-3-2-4-10-26)24-27(15-6-5-13(21)11-14(15)22)19(12)16-7-8-17(23)29-16/h5-8,11H,2-4,9-10H2,1H3,(H,25,28). The quantitative estimate of drug-likeness (QED) is 0.569. The predicted molar refractivity (Wildman–Crippen MR) is 114 cm³/mol. The molecular formula is C20H19Cl2FN4OS. The van der Waals surface area contributed by atoms with Gasteiger partial charge in [0.15, 0.2) is 10.8 Å². The molecule has 2 aromatic heterocycles. The van der Waals surface area contributed by atoms with Crippen molar-refractivity contribution < 1.29 is 9.18 Å². The number of thiophene rings is 1. The molecule has 0 atom stereocenters. The molecule has 1 N–H and O–H groups in total. The van der Waals surface area contributed by atoms with Crippen molar-refractivity contribution in [1.29, 1.82) is 0 Å². The number of benzene rings is 1. The summed E-state index contributed by atoms with van der Waals surface area (Å²) in [7, 11) is 0. The van der Waals surface area contributed by atoms with Gasteiger partial charge in [0.1, 0.15) is 0 Å². The number of carbonyl (C=O) groups is 1. The summed E-state index contributed by atoms with van der Waals surface area (Å²) in [5, 5.41) is 7.05. The summed E-state index contributed by atoms with van der Waals surface area (Å²) in [4.78, 5) is 13.6. The first-order chi connectivity index (χ1) is 13.9. The second kappa shape index (κ2) is 8.44. The fourth-order valence-electron chi connectivity index (χ4n) is 3.47. The Morgan fingerprint density at radius 3 is 2.59 bits per heavy atom. The van der Waals surface area contributed by atoms with Gasteiger partial charge in [0.2, 0.25) is 0 Å². The van der Waals surface area contributed by atoms with Crippen molar-refractivity contribution >= 4 is 40.4 Å². The van der Waals surface area contributed by atoms with Crippen molar-refractivity contribution in [2.24, 2.45) is 0 Å². The molecule has 0 saturated carbocycles. The zero-order chi connectivity index (χ0) is 20.5. The minimum Gasteiger partial charge on any atom is -0.283 e. The Morgan fingerprint density at radius 1 is 1.17 bits per heavy atom. The smallest absolute Gasteiger partial charge is 0.283 e. The Kier molecular flexibility index (Phi) is 5.92. The van der Waals surface area contributed by atoms with E-state index in [1.54, 1.807) is 28.9 Å². The van der Waals surface area contributed by atoms with Crippen molar-refractivity contribution in [3.8, 4) is 16.3 Å². The number of aromatic nitrogens is 2. The molecule has 3 heterocycles. The topological polar surface area (TPSA) is 50.2 Å². The molecule has 0 radical (unpaired) electrons. The third-order valence-electron chi connectivity index (χ3n) is 4.90. The van der Waals surface area contributed by atoms with Crippen molar-refractivity contribution in [3.63, 3.8) is 0 Å². The zero-order valence-electron chi connectivity index (χ0n) is 15.7. The molecule has 5 nitrogen and oxygen atoms in total. The normalized spacial score (nSPS) is 14.9. The molecule has 0 aliphatic carbocycles. The van der Waals surface area contributed by atoms with Crippen molar-refractivity contribution in [3.05, 3.63) is 56.8 Å². The lowest BCUT2D eigenvalue weighted by Gasteiger charge is -2.26. The van der Waals surface area contributed by atoms with Crippen molar-refractivity contribution in [2.45, 2.75) is 26.2 Å². The largest absolute Gasteiger partial charge is 0.286 e. The highest BCUT2D eigenvalue weighted by Crippen LogP contribution is 2.35. The molecule has 1 fully saturated rings. The second-order valence-electron chi connectivity index (χ2n) is 6.92. The molecule has 1 aliphatic heterocycles. The molecule has 1 saturated heterocycles. The molecule has 1 amide bonds. The van der Waals surface area contributed by atoms with Gasteiger partial charge in [-0.05, 0) is 50.1 Å². The SMILES string of the molecule is Cc1c(C(=O)NN2CCCCC2)nn(-c2ccc(Cl)cc2Cl)c1-c1ccc(F)s1. The number of nitrogens with one attached hydrogen (secondary N) is 1. The van der Waals surface area contributed by atoms with Crippen LogP contribution >= 0.6 is 34.5 Å². The molecule has 29 heavy (non-hydrogen) atoms. The first-order valence-electron chi connectivity index (χ1n) is 9.30. The summed E-state index contributed by atoms with van der Waals surface area (Å²) in [6, 6.07) is 8.12. The van der Waals surface area contributed by atoms with E-state index >= 15 is 0 Å². The van der Waals surface area contributed by atoms with Crippen LogP contribution in [0.1, 0.15) is 35.3 Å². The summed E-state index contributed by atoms with van der Waals surface area (Å²) < 4.78 is 15.3. The molecular weight excluding hydrogens is 434 g/mol. The number of hydrogen-bond acceptors (Lipinski definition) is 4. The maximum atomic E-state index is 13.7. The zero-order valence-corrected chi connectivity index (χ0v) is 18.0. The number of hydrogen-bond donors (Lipinski definition) is 1. The lowest BCUT2D eigenvalue weighted by molar-refractivity contribution is 0.0743. The summed E-state index contributed by atoms with van der Waals surface area (Å²) >= 11 is 13.4. The first kappa shape index (κ1) is 20.3. The van der Waals surface area contributed by atoms with E-state index in [2.05, 4.69) is 10.5 Å². The number of hydrazine groups is 1. The molecule has 0 bridgehead atoms. The van der Waals surface area contributed by atoms with Gasteiger partial charge < -0.3 is 0 Å². The number of amides is 1. The van der Waals surface area contributed by atoms with Crippen LogP contribution in [0.15, 0.2) is 30.3 Å². The van der Waals surface area contributed by atoms with Crippen molar-refractivity contribution in [1.82, 2.24) is 20.2 Å². The van der Waals surface area contributed by atoms with E-state index in [0.29, 0.717) is 31.9 Å². The average molecular weight is 453 g/mol. The number of halogens is 3. The van der Waals surface area contributed by atoms with Crippen LogP contribution in [0.2, 0.25) is 10.0 Å². The molecule has 4 rings (SSSR count). The van der Waals surface area contributed by atoms with Crippen LogP contribution < -0.4 is 5.43 Å². The van der Waals surface area contributed by atoms with Gasteiger partial charge in [-0.3, -0.25) is 10.2 Å². The van der Waals surface area contributed by atoms with Gasteiger partial charge in [-0.25, -0.2) is 9.69 Å². The average Bonchev–Trinajstić information content (AvgIpc) is 3.25. The highest BCUT2D eigenvalue weighted by atomic mass is 35.5. The summed E-state index contributed by atoms with van der Waals surface area (Å²) in [6.45, 7) is 3.44. The highest BCUT2D eigenvalue weighted by molar-refractivity contribution is 7.13. The molecule has 0 spiro atoms. The predicted octanol–water partition coefficient (Wildman–Crippen LogP) is 5.49. The van der Waals surface area contributed by atoms with Crippen LogP contribution in [0.3, 0.4) is 0 Å². The maximum Gasteiger partial charge on any atom is 0.286 e. The lowest BCUT2D eigenvalue weighted by Crippen LogP contribution is -2.45. The fourth-order valence-corrected chi connectivity index (χ4v) is 4.78. The third kappa shape index (κ3) is 4.19. The van der Waals surface area contributed by atoms with Crippen LogP contribution in [0, 0.1) is 12.1 Å². The summed E-state index contributed by atoms with van der Waals surface area (Å²) in [5.74, 6) is -0.286.